The van der Waals surface area contributed by atoms with E-state index in [2.05, 4.69) is 20.8 Å². The number of carbonyl (C=O) groups excluding carboxylic acids is 1. The molecule has 1 aliphatic carbocycles. The molecule has 2 N–H and O–H groups in total. The summed E-state index contributed by atoms with van der Waals surface area (Å²) in [6.07, 6.45) is 9.86. The summed E-state index contributed by atoms with van der Waals surface area (Å²) < 4.78 is 5.02. The van der Waals surface area contributed by atoms with Crippen LogP contribution in [0.3, 0.4) is 0 Å². The lowest BCUT2D eigenvalue weighted by atomic mass is 10.1. The van der Waals surface area contributed by atoms with Crippen LogP contribution in [0.2, 0.25) is 0 Å². The minimum absolute atomic E-state index is 0. The van der Waals surface area contributed by atoms with Crippen LogP contribution in [0.15, 0.2) is 4.52 Å². The first kappa shape index (κ1) is 19.9. The Hall–Kier alpha value is -1.14. The van der Waals surface area contributed by atoms with Crippen molar-refractivity contribution in [2.45, 2.75) is 70.8 Å². The molecule has 0 radical (unpaired) electrons. The van der Waals surface area contributed by atoms with Gasteiger partial charge in [0.25, 0.3) is 0 Å². The zero-order valence-electron chi connectivity index (χ0n) is 14.0. The topological polar surface area (TPSA) is 80.0 Å². The molecule has 7 heteroatoms. The van der Waals surface area contributed by atoms with Crippen LogP contribution in [0.1, 0.15) is 63.1 Å². The average molecular weight is 345 g/mol. The Labute approximate surface area is 144 Å². The number of hydrogen-bond donors (Lipinski definition) is 2. The van der Waals surface area contributed by atoms with Gasteiger partial charge in [0.05, 0.1) is 0 Å². The molecular weight excluding hydrogens is 316 g/mol. The van der Waals surface area contributed by atoms with Crippen LogP contribution >= 0.6 is 12.4 Å². The molecule has 132 valence electrons. The summed E-state index contributed by atoms with van der Waals surface area (Å²) in [5, 5.41) is 10.2. The van der Waals surface area contributed by atoms with Gasteiger partial charge < -0.3 is 15.2 Å². The molecular formula is C16H29ClN4O2. The predicted octanol–water partition coefficient (Wildman–Crippen LogP) is 2.55. The van der Waals surface area contributed by atoms with Crippen molar-refractivity contribution in [3.8, 4) is 0 Å². The number of carbonyl (C=O) groups is 1. The van der Waals surface area contributed by atoms with E-state index in [0.717, 1.165) is 13.0 Å². The Morgan fingerprint density at radius 3 is 2.61 bits per heavy atom. The van der Waals surface area contributed by atoms with E-state index in [1.807, 2.05) is 0 Å². The quantitative estimate of drug-likeness (QED) is 0.559. The van der Waals surface area contributed by atoms with Gasteiger partial charge >= 0.3 is 0 Å². The van der Waals surface area contributed by atoms with Gasteiger partial charge in [-0.25, -0.2) is 0 Å². The van der Waals surface area contributed by atoms with Crippen molar-refractivity contribution in [1.82, 2.24) is 20.8 Å². The van der Waals surface area contributed by atoms with Gasteiger partial charge in [0.15, 0.2) is 5.82 Å². The van der Waals surface area contributed by atoms with Gasteiger partial charge in [-0.05, 0) is 26.2 Å². The summed E-state index contributed by atoms with van der Waals surface area (Å²) in [7, 11) is 0. The second-order valence-corrected chi connectivity index (χ2v) is 6.08. The van der Waals surface area contributed by atoms with E-state index in [1.165, 1.54) is 38.5 Å². The Morgan fingerprint density at radius 1 is 1.22 bits per heavy atom. The fraction of sp³-hybridized carbons (Fsp3) is 0.812. The molecule has 0 atom stereocenters. The van der Waals surface area contributed by atoms with Crippen LogP contribution in [-0.2, 0) is 11.2 Å². The number of nitrogens with zero attached hydrogens (tertiary/aromatic N) is 2. The van der Waals surface area contributed by atoms with Gasteiger partial charge in [-0.2, -0.15) is 4.98 Å². The van der Waals surface area contributed by atoms with E-state index >= 15 is 0 Å². The molecule has 1 aromatic rings. The number of rotatable bonds is 8. The van der Waals surface area contributed by atoms with Crippen LogP contribution in [-0.4, -0.2) is 35.2 Å². The summed E-state index contributed by atoms with van der Waals surface area (Å²) >= 11 is 0. The fourth-order valence-corrected chi connectivity index (χ4v) is 2.89. The van der Waals surface area contributed by atoms with E-state index in [4.69, 9.17) is 4.52 Å². The van der Waals surface area contributed by atoms with Crippen molar-refractivity contribution >= 4 is 18.3 Å². The molecule has 0 aliphatic heterocycles. The third-order valence-electron chi connectivity index (χ3n) is 4.10. The monoisotopic (exact) mass is 344 g/mol. The molecule has 0 unspecified atom stereocenters. The lowest BCUT2D eigenvalue weighted by molar-refractivity contribution is -0.121. The van der Waals surface area contributed by atoms with E-state index in [-0.39, 0.29) is 18.3 Å². The summed E-state index contributed by atoms with van der Waals surface area (Å²) in [5.41, 5.74) is 0. The van der Waals surface area contributed by atoms with Gasteiger partial charge in [-0.1, -0.05) is 30.8 Å². The standard InChI is InChI=1S/C16H28N4O2.ClH/c1-13-19-16(22-20-13)10-6-9-15(21)18-12-11-17-14-7-4-2-3-5-8-14;/h14,17H,2-12H2,1H3,(H,18,21);1H. The Kier molecular flexibility index (Phi) is 9.87. The van der Waals surface area contributed by atoms with Gasteiger partial charge in [-0.15, -0.1) is 12.4 Å². The van der Waals surface area contributed by atoms with Crippen LogP contribution in [0.25, 0.3) is 0 Å². The third kappa shape index (κ3) is 8.32. The molecule has 6 nitrogen and oxygen atoms in total. The second-order valence-electron chi connectivity index (χ2n) is 6.08. The molecule has 0 saturated heterocycles. The SMILES string of the molecule is Cc1noc(CCCC(=O)NCCNC2CCCCCC2)n1.Cl. The average Bonchev–Trinajstić information content (AvgIpc) is 2.76. The zero-order valence-corrected chi connectivity index (χ0v) is 14.8. The van der Waals surface area contributed by atoms with E-state index in [9.17, 15) is 4.79 Å². The molecule has 2 rings (SSSR count). The summed E-state index contributed by atoms with van der Waals surface area (Å²) in [6.45, 7) is 3.36. The minimum Gasteiger partial charge on any atom is -0.355 e. The van der Waals surface area contributed by atoms with Crippen LogP contribution < -0.4 is 10.6 Å². The van der Waals surface area contributed by atoms with Crippen molar-refractivity contribution in [1.29, 1.82) is 0 Å². The number of aryl methyl sites for hydroxylation is 2. The highest BCUT2D eigenvalue weighted by Gasteiger charge is 2.11. The highest BCUT2D eigenvalue weighted by Crippen LogP contribution is 2.16. The third-order valence-corrected chi connectivity index (χ3v) is 4.10. The van der Waals surface area contributed by atoms with Crippen molar-refractivity contribution in [2.24, 2.45) is 0 Å². The first-order chi connectivity index (χ1) is 10.7. The normalized spacial score (nSPS) is 15.7. The van der Waals surface area contributed by atoms with Gasteiger partial charge in [0.2, 0.25) is 11.8 Å². The molecule has 1 aromatic heterocycles. The van der Waals surface area contributed by atoms with Gasteiger partial charge in [0, 0.05) is 32.0 Å². The lowest BCUT2D eigenvalue weighted by Gasteiger charge is -2.16. The van der Waals surface area contributed by atoms with E-state index in [1.54, 1.807) is 6.92 Å². The van der Waals surface area contributed by atoms with Crippen LogP contribution in [0, 0.1) is 6.92 Å². The smallest absolute Gasteiger partial charge is 0.226 e. The molecule has 1 amide bonds. The first-order valence-corrected chi connectivity index (χ1v) is 8.53. The predicted molar refractivity (Wildman–Crippen MR) is 91.7 cm³/mol. The molecule has 1 aliphatic rings. The van der Waals surface area contributed by atoms with E-state index < -0.39 is 0 Å². The second kappa shape index (κ2) is 11.4. The molecule has 0 spiro atoms. The lowest BCUT2D eigenvalue weighted by Crippen LogP contribution is -2.36. The zero-order chi connectivity index (χ0) is 15.6. The highest BCUT2D eigenvalue weighted by atomic mass is 35.5. The number of hydrogen-bond acceptors (Lipinski definition) is 5. The summed E-state index contributed by atoms with van der Waals surface area (Å²) in [5.74, 6) is 1.35. The molecule has 23 heavy (non-hydrogen) atoms. The van der Waals surface area contributed by atoms with Crippen molar-refractivity contribution in [2.75, 3.05) is 13.1 Å². The number of nitrogens with one attached hydrogen (secondary N) is 2. The Balaban J connectivity index is 0.00000264. The first-order valence-electron chi connectivity index (χ1n) is 8.53. The van der Waals surface area contributed by atoms with Crippen molar-refractivity contribution in [3.05, 3.63) is 11.7 Å². The molecule has 1 saturated carbocycles. The number of aromatic nitrogens is 2. The number of halogens is 1. The molecule has 1 fully saturated rings. The van der Waals surface area contributed by atoms with Gasteiger partial charge in [0.1, 0.15) is 0 Å². The fourth-order valence-electron chi connectivity index (χ4n) is 2.89. The Bertz CT molecular complexity index is 445. The summed E-state index contributed by atoms with van der Waals surface area (Å²) in [6, 6.07) is 0.639. The Morgan fingerprint density at radius 2 is 1.96 bits per heavy atom. The number of amides is 1. The molecule has 1 heterocycles. The van der Waals surface area contributed by atoms with E-state index in [0.29, 0.717) is 37.1 Å². The molecule has 0 bridgehead atoms. The van der Waals surface area contributed by atoms with Crippen LogP contribution in [0.5, 0.6) is 0 Å². The van der Waals surface area contributed by atoms with Crippen molar-refractivity contribution in [3.63, 3.8) is 0 Å². The van der Waals surface area contributed by atoms with Crippen molar-refractivity contribution < 1.29 is 9.32 Å². The molecule has 0 aromatic carbocycles. The minimum atomic E-state index is 0. The maximum absolute atomic E-state index is 11.7. The summed E-state index contributed by atoms with van der Waals surface area (Å²) in [4.78, 5) is 15.9. The largest absolute Gasteiger partial charge is 0.355 e. The van der Waals surface area contributed by atoms with Gasteiger partial charge in [-0.3, -0.25) is 4.79 Å². The maximum Gasteiger partial charge on any atom is 0.226 e. The highest BCUT2D eigenvalue weighted by molar-refractivity contribution is 5.85. The van der Waals surface area contributed by atoms with Crippen LogP contribution in [0.4, 0.5) is 0 Å². The maximum atomic E-state index is 11.7.